The molecule has 5 heteroatoms. The van der Waals surface area contributed by atoms with Crippen molar-refractivity contribution in [2.45, 2.75) is 37.5 Å². The molecule has 0 atom stereocenters. The molecule has 0 amide bonds. The summed E-state index contributed by atoms with van der Waals surface area (Å²) in [5.74, 6) is 0.702. The van der Waals surface area contributed by atoms with Crippen LogP contribution in [-0.2, 0) is 9.05 Å². The van der Waals surface area contributed by atoms with Gasteiger partial charge in [-0.15, -0.1) is 6.58 Å². The Morgan fingerprint density at radius 2 is 2.05 bits per heavy atom. The van der Waals surface area contributed by atoms with Crippen molar-refractivity contribution >= 4 is 19.7 Å². The normalized spacial score (nSPS) is 11.3. The maximum absolute atomic E-state index is 11.2. The van der Waals surface area contributed by atoms with E-state index in [0.29, 0.717) is 12.4 Å². The molecular weight excluding hydrogens is 284 g/mol. The Balaban J connectivity index is 2.49. The second-order valence-corrected chi connectivity index (χ2v) is 6.92. The number of hydrogen-bond donors (Lipinski definition) is 0. The van der Waals surface area contributed by atoms with Crippen LogP contribution in [0.4, 0.5) is 0 Å². The number of unbranched alkanes of at least 4 members (excludes halogenated alkanes) is 3. The summed E-state index contributed by atoms with van der Waals surface area (Å²) in [5, 5.41) is 0. The van der Waals surface area contributed by atoms with Crippen molar-refractivity contribution in [3.8, 4) is 5.75 Å². The lowest BCUT2D eigenvalue weighted by atomic mass is 10.2. The molecule has 0 aliphatic rings. The summed E-state index contributed by atoms with van der Waals surface area (Å²) in [4.78, 5) is 0.102. The van der Waals surface area contributed by atoms with Crippen molar-refractivity contribution < 1.29 is 13.2 Å². The maximum atomic E-state index is 11.2. The van der Waals surface area contributed by atoms with Gasteiger partial charge in [0.05, 0.1) is 11.5 Å². The Morgan fingerprint density at radius 1 is 1.32 bits per heavy atom. The van der Waals surface area contributed by atoms with Crippen LogP contribution in [0.15, 0.2) is 35.7 Å². The Bertz CT molecular complexity index is 523. The smallest absolute Gasteiger partial charge is 0.261 e. The van der Waals surface area contributed by atoms with Crippen LogP contribution in [0.5, 0.6) is 5.75 Å². The van der Waals surface area contributed by atoms with Gasteiger partial charge in [0.1, 0.15) is 5.75 Å². The van der Waals surface area contributed by atoms with Crippen LogP contribution < -0.4 is 4.74 Å². The first-order valence-electron chi connectivity index (χ1n) is 6.24. The van der Waals surface area contributed by atoms with Crippen LogP contribution in [-0.4, -0.2) is 15.0 Å². The van der Waals surface area contributed by atoms with Gasteiger partial charge in [-0.3, -0.25) is 0 Å². The molecule has 0 unspecified atom stereocenters. The van der Waals surface area contributed by atoms with Crippen LogP contribution in [0, 0.1) is 6.92 Å². The molecule has 0 aliphatic heterocycles. The summed E-state index contributed by atoms with van der Waals surface area (Å²) in [6.45, 7) is 6.11. The predicted molar refractivity (Wildman–Crippen MR) is 78.4 cm³/mol. The average molecular weight is 303 g/mol. The van der Waals surface area contributed by atoms with Gasteiger partial charge >= 0.3 is 0 Å². The molecular formula is C14H19ClO3S. The van der Waals surface area contributed by atoms with Crippen LogP contribution in [0.25, 0.3) is 0 Å². The summed E-state index contributed by atoms with van der Waals surface area (Å²) in [6.07, 6.45) is 6.13. The molecule has 0 saturated heterocycles. The van der Waals surface area contributed by atoms with Crippen molar-refractivity contribution in [2.24, 2.45) is 0 Å². The van der Waals surface area contributed by atoms with E-state index in [-0.39, 0.29) is 4.90 Å². The first kappa shape index (κ1) is 16.1. The molecule has 1 rings (SSSR count). The van der Waals surface area contributed by atoms with Gasteiger partial charge < -0.3 is 4.74 Å². The maximum Gasteiger partial charge on any atom is 0.261 e. The molecule has 19 heavy (non-hydrogen) atoms. The Labute approximate surface area is 119 Å². The molecule has 1 aromatic rings. The van der Waals surface area contributed by atoms with Crippen LogP contribution in [0.1, 0.15) is 31.2 Å². The third-order valence-corrected chi connectivity index (χ3v) is 4.09. The van der Waals surface area contributed by atoms with Crippen molar-refractivity contribution in [1.29, 1.82) is 0 Å². The SMILES string of the molecule is C=CCCCCCOc1ccc(S(=O)(=O)Cl)cc1C. The minimum Gasteiger partial charge on any atom is -0.493 e. The lowest BCUT2D eigenvalue weighted by molar-refractivity contribution is 0.303. The van der Waals surface area contributed by atoms with Crippen molar-refractivity contribution in [2.75, 3.05) is 6.61 Å². The minimum atomic E-state index is -3.67. The number of aryl methyl sites for hydroxylation is 1. The predicted octanol–water partition coefficient (Wildman–Crippen LogP) is 4.05. The number of benzene rings is 1. The molecule has 3 nitrogen and oxygen atoms in total. The summed E-state index contributed by atoms with van der Waals surface area (Å²) in [7, 11) is 1.61. The van der Waals surface area contributed by atoms with E-state index in [2.05, 4.69) is 6.58 Å². The van der Waals surface area contributed by atoms with Gasteiger partial charge in [-0.25, -0.2) is 8.42 Å². The second kappa shape index (κ2) is 7.56. The van der Waals surface area contributed by atoms with E-state index >= 15 is 0 Å². The van der Waals surface area contributed by atoms with Gasteiger partial charge in [0.2, 0.25) is 0 Å². The quantitative estimate of drug-likeness (QED) is 0.413. The van der Waals surface area contributed by atoms with Crippen LogP contribution in [0.3, 0.4) is 0 Å². The molecule has 0 radical (unpaired) electrons. The van der Waals surface area contributed by atoms with Gasteiger partial charge in [0.25, 0.3) is 9.05 Å². The summed E-state index contributed by atoms with van der Waals surface area (Å²) >= 11 is 0. The Kier molecular flexibility index (Phi) is 6.38. The van der Waals surface area contributed by atoms with E-state index in [9.17, 15) is 8.42 Å². The molecule has 0 fully saturated rings. The standard InChI is InChI=1S/C14H19ClO3S/c1-3-4-5-6-7-10-18-14-9-8-13(11-12(14)2)19(15,16)17/h3,8-9,11H,1,4-7,10H2,2H3. The summed E-state index contributed by atoms with van der Waals surface area (Å²) < 4.78 is 28.0. The van der Waals surface area contributed by atoms with Crippen molar-refractivity contribution in [1.82, 2.24) is 0 Å². The molecule has 0 heterocycles. The van der Waals surface area contributed by atoms with Gasteiger partial charge in [0.15, 0.2) is 0 Å². The van der Waals surface area contributed by atoms with Gasteiger partial charge in [0, 0.05) is 10.7 Å². The highest BCUT2D eigenvalue weighted by molar-refractivity contribution is 8.13. The molecule has 0 bridgehead atoms. The summed E-state index contributed by atoms with van der Waals surface area (Å²) in [5.41, 5.74) is 0.771. The third kappa shape index (κ3) is 5.66. The first-order chi connectivity index (χ1) is 8.95. The molecule has 106 valence electrons. The van der Waals surface area contributed by atoms with E-state index in [0.717, 1.165) is 31.2 Å². The fraction of sp³-hybridized carbons (Fsp3) is 0.429. The highest BCUT2D eigenvalue weighted by atomic mass is 35.7. The molecule has 1 aromatic carbocycles. The lowest BCUT2D eigenvalue weighted by Crippen LogP contribution is -2.00. The molecule has 0 aromatic heterocycles. The fourth-order valence-corrected chi connectivity index (χ4v) is 2.52. The minimum absolute atomic E-state index is 0.102. The number of rotatable bonds is 8. The zero-order chi connectivity index (χ0) is 14.3. The number of ether oxygens (including phenoxy) is 1. The van der Waals surface area contributed by atoms with Crippen molar-refractivity contribution in [3.05, 3.63) is 36.4 Å². The van der Waals surface area contributed by atoms with Crippen LogP contribution >= 0.6 is 10.7 Å². The van der Waals surface area contributed by atoms with Gasteiger partial charge in [-0.2, -0.15) is 0 Å². The second-order valence-electron chi connectivity index (χ2n) is 4.35. The zero-order valence-electron chi connectivity index (χ0n) is 11.1. The zero-order valence-corrected chi connectivity index (χ0v) is 12.6. The Morgan fingerprint density at radius 3 is 2.63 bits per heavy atom. The Hall–Kier alpha value is -1.00. The molecule has 0 N–H and O–H groups in total. The van der Waals surface area contributed by atoms with E-state index < -0.39 is 9.05 Å². The monoisotopic (exact) mass is 302 g/mol. The van der Waals surface area contributed by atoms with Gasteiger partial charge in [-0.1, -0.05) is 6.08 Å². The van der Waals surface area contributed by atoms with E-state index in [4.69, 9.17) is 15.4 Å². The molecule has 0 saturated carbocycles. The molecule has 0 spiro atoms. The van der Waals surface area contributed by atoms with E-state index in [1.807, 2.05) is 6.08 Å². The van der Waals surface area contributed by atoms with E-state index in [1.54, 1.807) is 13.0 Å². The van der Waals surface area contributed by atoms with Crippen LogP contribution in [0.2, 0.25) is 0 Å². The largest absolute Gasteiger partial charge is 0.493 e. The fourth-order valence-electron chi connectivity index (χ4n) is 1.69. The first-order valence-corrected chi connectivity index (χ1v) is 8.55. The molecule has 0 aliphatic carbocycles. The highest BCUT2D eigenvalue weighted by Crippen LogP contribution is 2.24. The lowest BCUT2D eigenvalue weighted by Gasteiger charge is -2.09. The van der Waals surface area contributed by atoms with Crippen molar-refractivity contribution in [3.63, 3.8) is 0 Å². The topological polar surface area (TPSA) is 43.4 Å². The number of hydrogen-bond acceptors (Lipinski definition) is 3. The van der Waals surface area contributed by atoms with E-state index in [1.165, 1.54) is 12.1 Å². The average Bonchev–Trinajstić information content (AvgIpc) is 2.34. The number of halogens is 1. The number of allylic oxidation sites excluding steroid dienone is 1. The third-order valence-electron chi connectivity index (χ3n) is 2.74. The van der Waals surface area contributed by atoms with Gasteiger partial charge in [-0.05, 0) is 56.4 Å². The highest BCUT2D eigenvalue weighted by Gasteiger charge is 2.11. The summed E-state index contributed by atoms with van der Waals surface area (Å²) in [6, 6.07) is 4.63.